The molecule has 7 heteroatoms. The number of carbonyl (C=O) groups is 1. The first kappa shape index (κ1) is 16.6. The first-order valence-corrected chi connectivity index (χ1v) is 7.85. The number of nitro groups is 1. The Balaban J connectivity index is 2.09. The minimum absolute atomic E-state index is 0.0515. The van der Waals surface area contributed by atoms with Crippen molar-refractivity contribution in [2.24, 2.45) is 0 Å². The second kappa shape index (κ2) is 6.35. The topological polar surface area (TPSA) is 98.3 Å². The van der Waals surface area contributed by atoms with E-state index >= 15 is 0 Å². The zero-order valence-electron chi connectivity index (χ0n) is 14.1. The van der Waals surface area contributed by atoms with Crippen molar-refractivity contribution in [3.63, 3.8) is 0 Å². The van der Waals surface area contributed by atoms with Crippen LogP contribution < -0.4 is 5.32 Å². The van der Waals surface area contributed by atoms with E-state index in [2.05, 4.69) is 10.3 Å². The first-order valence-electron chi connectivity index (χ1n) is 7.85. The molecule has 1 aromatic carbocycles. The molecule has 0 aliphatic heterocycles. The van der Waals surface area contributed by atoms with E-state index in [9.17, 15) is 14.9 Å². The number of anilines is 1. The number of carbonyl (C=O) groups excluding carboxylic acids is 1. The van der Waals surface area contributed by atoms with Gasteiger partial charge in [-0.3, -0.25) is 19.9 Å². The number of fused-ring (bicyclic) bond motifs is 1. The number of amides is 1. The minimum Gasteiger partial charge on any atom is -0.466 e. The third-order valence-electron chi connectivity index (χ3n) is 3.95. The summed E-state index contributed by atoms with van der Waals surface area (Å²) in [7, 11) is 0. The number of rotatable bonds is 4. The molecule has 3 rings (SSSR count). The number of hydrogen-bond donors (Lipinski definition) is 1. The molecular weight excluding hydrogens is 322 g/mol. The van der Waals surface area contributed by atoms with Crippen LogP contribution in [0.2, 0.25) is 0 Å². The SMILES string of the molecule is CCc1cc(NC(=O)c2cc(C)oc2C)c2cc([N+](=O)[O-])ccc2n1. The fraction of sp³-hybridized carbons (Fsp3) is 0.222. The third-order valence-corrected chi connectivity index (χ3v) is 3.95. The molecule has 0 aliphatic rings. The van der Waals surface area contributed by atoms with Crippen molar-refractivity contribution in [1.29, 1.82) is 0 Å². The Hall–Kier alpha value is -3.22. The Morgan fingerprint density at radius 3 is 2.64 bits per heavy atom. The molecule has 7 nitrogen and oxygen atoms in total. The van der Waals surface area contributed by atoms with Crippen molar-refractivity contribution in [3.8, 4) is 0 Å². The molecule has 25 heavy (non-hydrogen) atoms. The summed E-state index contributed by atoms with van der Waals surface area (Å²) in [6.45, 7) is 5.44. The van der Waals surface area contributed by atoms with Gasteiger partial charge in [0.2, 0.25) is 0 Å². The first-order chi connectivity index (χ1) is 11.9. The number of non-ortho nitro benzene ring substituents is 1. The molecule has 0 bridgehead atoms. The Morgan fingerprint density at radius 2 is 2.04 bits per heavy atom. The Bertz CT molecular complexity index is 991. The quantitative estimate of drug-likeness (QED) is 0.568. The highest BCUT2D eigenvalue weighted by molar-refractivity contribution is 6.09. The number of nitro benzene ring substituents is 1. The minimum atomic E-state index is -0.470. The maximum Gasteiger partial charge on any atom is 0.270 e. The highest BCUT2D eigenvalue weighted by Gasteiger charge is 2.17. The molecule has 0 spiro atoms. The number of aryl methyl sites for hydroxylation is 3. The van der Waals surface area contributed by atoms with Crippen molar-refractivity contribution < 1.29 is 14.1 Å². The molecule has 0 atom stereocenters. The summed E-state index contributed by atoms with van der Waals surface area (Å²) in [4.78, 5) is 27.6. The van der Waals surface area contributed by atoms with Crippen LogP contribution >= 0.6 is 0 Å². The fourth-order valence-corrected chi connectivity index (χ4v) is 2.71. The number of nitrogens with one attached hydrogen (secondary N) is 1. The van der Waals surface area contributed by atoms with Crippen LogP contribution in [0.25, 0.3) is 10.9 Å². The standard InChI is InChI=1S/C18H17N3O4/c1-4-12-8-17(20-18(22)14-7-10(2)25-11(14)3)15-9-13(21(23)24)5-6-16(15)19-12/h5-9H,4H2,1-3H3,(H,19,20,22). The molecule has 0 unspecified atom stereocenters. The summed E-state index contributed by atoms with van der Waals surface area (Å²) in [5.41, 5.74) is 2.27. The van der Waals surface area contributed by atoms with Gasteiger partial charge in [-0.25, -0.2) is 0 Å². The van der Waals surface area contributed by atoms with Gasteiger partial charge in [0.1, 0.15) is 11.5 Å². The lowest BCUT2D eigenvalue weighted by Gasteiger charge is -2.10. The predicted octanol–water partition coefficient (Wildman–Crippen LogP) is 4.17. The summed E-state index contributed by atoms with van der Waals surface area (Å²) >= 11 is 0. The van der Waals surface area contributed by atoms with Gasteiger partial charge in [0, 0.05) is 23.2 Å². The van der Waals surface area contributed by atoms with Crippen molar-refractivity contribution in [3.05, 3.63) is 63.2 Å². The van der Waals surface area contributed by atoms with Gasteiger partial charge in [-0.05, 0) is 38.5 Å². The van der Waals surface area contributed by atoms with Gasteiger partial charge in [0.05, 0.1) is 21.7 Å². The average Bonchev–Trinajstić information content (AvgIpc) is 2.92. The molecule has 0 aliphatic carbocycles. The van der Waals surface area contributed by atoms with Gasteiger partial charge in [0.25, 0.3) is 11.6 Å². The molecular formula is C18H17N3O4. The van der Waals surface area contributed by atoms with Gasteiger partial charge in [-0.15, -0.1) is 0 Å². The van der Waals surface area contributed by atoms with E-state index in [1.165, 1.54) is 12.1 Å². The highest BCUT2D eigenvalue weighted by Crippen LogP contribution is 2.28. The van der Waals surface area contributed by atoms with Crippen LogP contribution in [0, 0.1) is 24.0 Å². The number of pyridine rings is 1. The number of hydrogen-bond acceptors (Lipinski definition) is 5. The number of nitrogens with zero attached hydrogens (tertiary/aromatic N) is 2. The molecule has 1 N–H and O–H groups in total. The molecule has 2 aromatic heterocycles. The van der Waals surface area contributed by atoms with Crippen LogP contribution in [0.1, 0.15) is 34.5 Å². The van der Waals surface area contributed by atoms with Crippen LogP contribution in [0.4, 0.5) is 11.4 Å². The fourth-order valence-electron chi connectivity index (χ4n) is 2.71. The molecule has 0 saturated heterocycles. The summed E-state index contributed by atoms with van der Waals surface area (Å²) < 4.78 is 5.39. The third kappa shape index (κ3) is 3.21. The average molecular weight is 339 g/mol. The van der Waals surface area contributed by atoms with Crippen LogP contribution in [-0.2, 0) is 6.42 Å². The number of aromatic nitrogens is 1. The lowest BCUT2D eigenvalue weighted by atomic mass is 10.1. The van der Waals surface area contributed by atoms with Gasteiger partial charge in [-0.2, -0.15) is 0 Å². The number of furan rings is 1. The van der Waals surface area contributed by atoms with Crippen LogP contribution in [0.5, 0.6) is 0 Å². The van der Waals surface area contributed by atoms with E-state index < -0.39 is 4.92 Å². The van der Waals surface area contributed by atoms with Crippen LogP contribution in [-0.4, -0.2) is 15.8 Å². The Kier molecular flexibility index (Phi) is 4.22. The smallest absolute Gasteiger partial charge is 0.270 e. The van der Waals surface area contributed by atoms with Crippen LogP contribution in [0.15, 0.2) is 34.7 Å². The molecule has 128 valence electrons. The molecule has 1 amide bonds. The largest absolute Gasteiger partial charge is 0.466 e. The second-order valence-electron chi connectivity index (χ2n) is 5.75. The second-order valence-corrected chi connectivity index (χ2v) is 5.75. The Morgan fingerprint density at radius 1 is 1.28 bits per heavy atom. The molecule has 0 saturated carbocycles. The maximum atomic E-state index is 12.6. The molecule has 0 fully saturated rings. The van der Waals surface area contributed by atoms with Crippen molar-refractivity contribution in [2.45, 2.75) is 27.2 Å². The summed E-state index contributed by atoms with van der Waals surface area (Å²) in [5, 5.41) is 14.4. The van der Waals surface area contributed by atoms with E-state index in [0.29, 0.717) is 40.1 Å². The van der Waals surface area contributed by atoms with Crippen molar-refractivity contribution in [2.75, 3.05) is 5.32 Å². The lowest BCUT2D eigenvalue weighted by molar-refractivity contribution is -0.384. The molecule has 0 radical (unpaired) electrons. The van der Waals surface area contributed by atoms with Gasteiger partial charge < -0.3 is 9.73 Å². The molecule has 3 aromatic rings. The zero-order chi connectivity index (χ0) is 18.1. The van der Waals surface area contributed by atoms with E-state index in [0.717, 1.165) is 5.69 Å². The van der Waals surface area contributed by atoms with E-state index in [1.807, 2.05) is 6.92 Å². The molecule has 2 heterocycles. The number of benzene rings is 1. The highest BCUT2D eigenvalue weighted by atomic mass is 16.6. The Labute approximate surface area is 143 Å². The van der Waals surface area contributed by atoms with E-state index in [4.69, 9.17) is 4.42 Å². The monoisotopic (exact) mass is 339 g/mol. The van der Waals surface area contributed by atoms with Gasteiger partial charge in [0.15, 0.2) is 0 Å². The van der Waals surface area contributed by atoms with Gasteiger partial charge in [-0.1, -0.05) is 6.92 Å². The zero-order valence-corrected chi connectivity index (χ0v) is 14.1. The predicted molar refractivity (Wildman–Crippen MR) is 93.9 cm³/mol. The summed E-state index contributed by atoms with van der Waals surface area (Å²) in [5.74, 6) is 0.845. The van der Waals surface area contributed by atoms with E-state index in [-0.39, 0.29) is 11.6 Å². The van der Waals surface area contributed by atoms with Crippen molar-refractivity contribution >= 4 is 28.2 Å². The van der Waals surface area contributed by atoms with Gasteiger partial charge >= 0.3 is 0 Å². The van der Waals surface area contributed by atoms with Crippen molar-refractivity contribution in [1.82, 2.24) is 4.98 Å². The summed E-state index contributed by atoms with van der Waals surface area (Å²) in [6, 6.07) is 7.83. The summed E-state index contributed by atoms with van der Waals surface area (Å²) in [6.07, 6.45) is 0.680. The lowest BCUT2D eigenvalue weighted by Crippen LogP contribution is -2.13. The maximum absolute atomic E-state index is 12.6. The van der Waals surface area contributed by atoms with E-state index in [1.54, 1.807) is 32.0 Å². The van der Waals surface area contributed by atoms with Crippen LogP contribution in [0.3, 0.4) is 0 Å². The normalized spacial score (nSPS) is 10.8.